The van der Waals surface area contributed by atoms with Gasteiger partial charge in [-0.2, -0.15) is 0 Å². The zero-order valence-corrected chi connectivity index (χ0v) is 10.2. The number of amides is 1. The molecule has 0 bridgehead atoms. The van der Waals surface area contributed by atoms with Gasteiger partial charge >= 0.3 is 5.91 Å². The van der Waals surface area contributed by atoms with Gasteiger partial charge in [-0.15, -0.1) is 0 Å². The summed E-state index contributed by atoms with van der Waals surface area (Å²) in [5.74, 6) is 0.0780. The van der Waals surface area contributed by atoms with Crippen molar-refractivity contribution < 1.29 is 4.79 Å². The number of nitrogens with zero attached hydrogens (tertiary/aromatic N) is 1. The van der Waals surface area contributed by atoms with Gasteiger partial charge in [-0.1, -0.05) is 24.8 Å². The van der Waals surface area contributed by atoms with E-state index in [-0.39, 0.29) is 10.4 Å². The lowest BCUT2D eigenvalue weighted by atomic mass is 10.2. The molecule has 3 heteroatoms. The summed E-state index contributed by atoms with van der Waals surface area (Å²) in [6.45, 7) is 6.44. The van der Waals surface area contributed by atoms with Crippen LogP contribution in [0.15, 0.2) is 55.3 Å². The van der Waals surface area contributed by atoms with Crippen LogP contribution in [0.5, 0.6) is 0 Å². The molecular weight excluding hydrogens is 212 g/mol. The second-order valence-electron chi connectivity index (χ2n) is 3.90. The molecular formula is C14H19N2O+. The van der Waals surface area contributed by atoms with Gasteiger partial charge in [0, 0.05) is 0 Å². The Labute approximate surface area is 102 Å². The summed E-state index contributed by atoms with van der Waals surface area (Å²) in [6, 6.07) is 9.70. The maximum Gasteiger partial charge on any atom is 0.316 e. The third-order valence-corrected chi connectivity index (χ3v) is 2.85. The largest absolute Gasteiger partial charge is 0.405 e. The lowest BCUT2D eigenvalue weighted by Crippen LogP contribution is -2.53. The molecule has 1 rings (SSSR count). The Bertz CT molecular complexity index is 411. The second kappa shape index (κ2) is 6.01. The van der Waals surface area contributed by atoms with Gasteiger partial charge in [0.25, 0.3) is 0 Å². The standard InChI is InChI=1S/C14H19N2O/c1-3-11-16(13(2)17,12-7-10-15)14-8-5-4-6-9-14/h3-10H,1,11-12,15H2,2H3/q+1/b10-7+. The van der Waals surface area contributed by atoms with E-state index in [9.17, 15) is 4.79 Å². The van der Waals surface area contributed by atoms with E-state index in [1.807, 2.05) is 30.3 Å². The molecule has 1 unspecified atom stereocenters. The molecule has 1 amide bonds. The van der Waals surface area contributed by atoms with Crippen LogP contribution in [0.4, 0.5) is 5.69 Å². The minimum atomic E-state index is 0.0780. The van der Waals surface area contributed by atoms with Crippen molar-refractivity contribution in [3.05, 3.63) is 55.3 Å². The minimum Gasteiger partial charge on any atom is -0.405 e. The van der Waals surface area contributed by atoms with Crippen molar-refractivity contribution in [3.8, 4) is 0 Å². The molecule has 3 nitrogen and oxygen atoms in total. The molecule has 0 saturated heterocycles. The first-order valence-corrected chi connectivity index (χ1v) is 5.59. The number of benzene rings is 1. The summed E-state index contributed by atoms with van der Waals surface area (Å²) in [7, 11) is 0. The van der Waals surface area contributed by atoms with E-state index in [4.69, 9.17) is 5.73 Å². The molecule has 17 heavy (non-hydrogen) atoms. The number of carbonyl (C=O) groups is 1. The quantitative estimate of drug-likeness (QED) is 0.623. The highest BCUT2D eigenvalue weighted by atomic mass is 16.2. The zero-order valence-electron chi connectivity index (χ0n) is 10.2. The monoisotopic (exact) mass is 231 g/mol. The Balaban J connectivity index is 3.23. The normalized spacial score (nSPS) is 14.4. The van der Waals surface area contributed by atoms with Gasteiger partial charge in [0.1, 0.15) is 18.8 Å². The SMILES string of the molecule is C=CC[N+](C/C=C/N)(C(C)=O)c1ccccc1. The van der Waals surface area contributed by atoms with E-state index in [2.05, 4.69) is 6.58 Å². The van der Waals surface area contributed by atoms with Crippen molar-refractivity contribution in [1.82, 2.24) is 4.48 Å². The summed E-state index contributed by atoms with van der Waals surface area (Å²) < 4.78 is 0.220. The van der Waals surface area contributed by atoms with Crippen molar-refractivity contribution in [2.45, 2.75) is 6.92 Å². The molecule has 0 saturated carbocycles. The first kappa shape index (κ1) is 13.2. The van der Waals surface area contributed by atoms with E-state index in [0.29, 0.717) is 13.1 Å². The maximum absolute atomic E-state index is 12.0. The lowest BCUT2D eigenvalue weighted by molar-refractivity contribution is -0.127. The summed E-state index contributed by atoms with van der Waals surface area (Å²) in [6.07, 6.45) is 5.04. The van der Waals surface area contributed by atoms with Crippen LogP contribution in [0, 0.1) is 0 Å². The van der Waals surface area contributed by atoms with Crippen molar-refractivity contribution in [1.29, 1.82) is 0 Å². The molecule has 0 radical (unpaired) electrons. The number of nitrogens with two attached hydrogens (primary N) is 1. The second-order valence-corrected chi connectivity index (χ2v) is 3.90. The fourth-order valence-electron chi connectivity index (χ4n) is 1.90. The summed E-state index contributed by atoms with van der Waals surface area (Å²) in [4.78, 5) is 12.0. The molecule has 1 atom stereocenters. The average molecular weight is 231 g/mol. The number of quaternary nitrogens is 1. The van der Waals surface area contributed by atoms with Gasteiger partial charge in [-0.05, 0) is 30.5 Å². The molecule has 0 heterocycles. The topological polar surface area (TPSA) is 43.1 Å². The molecule has 0 aliphatic carbocycles. The Morgan fingerprint density at radius 1 is 1.35 bits per heavy atom. The third kappa shape index (κ3) is 2.82. The predicted octanol–water partition coefficient (Wildman–Crippen LogP) is 2.20. The van der Waals surface area contributed by atoms with Crippen molar-refractivity contribution >= 4 is 11.6 Å². The highest BCUT2D eigenvalue weighted by Crippen LogP contribution is 2.23. The van der Waals surface area contributed by atoms with Crippen LogP contribution in [0.25, 0.3) is 0 Å². The Morgan fingerprint density at radius 3 is 2.47 bits per heavy atom. The molecule has 0 fully saturated rings. The van der Waals surface area contributed by atoms with Crippen LogP contribution in [0.1, 0.15) is 6.92 Å². The van der Waals surface area contributed by atoms with Gasteiger partial charge in [0.15, 0.2) is 0 Å². The minimum absolute atomic E-state index is 0.0780. The van der Waals surface area contributed by atoms with E-state index in [1.165, 1.54) is 6.20 Å². The first-order chi connectivity index (χ1) is 8.17. The molecule has 90 valence electrons. The van der Waals surface area contributed by atoms with E-state index in [0.717, 1.165) is 5.69 Å². The van der Waals surface area contributed by atoms with Crippen LogP contribution in [0.2, 0.25) is 0 Å². The van der Waals surface area contributed by atoms with Crippen molar-refractivity contribution in [3.63, 3.8) is 0 Å². The van der Waals surface area contributed by atoms with Gasteiger partial charge in [-0.25, -0.2) is 9.28 Å². The third-order valence-electron chi connectivity index (χ3n) is 2.85. The number of hydrogen-bond donors (Lipinski definition) is 1. The molecule has 0 aromatic heterocycles. The van der Waals surface area contributed by atoms with E-state index in [1.54, 1.807) is 19.1 Å². The smallest absolute Gasteiger partial charge is 0.316 e. The highest BCUT2D eigenvalue weighted by Gasteiger charge is 2.33. The summed E-state index contributed by atoms with van der Waals surface area (Å²) in [5, 5.41) is 0. The van der Waals surface area contributed by atoms with Crippen LogP contribution in [-0.2, 0) is 4.79 Å². The molecule has 0 spiro atoms. The first-order valence-electron chi connectivity index (χ1n) is 5.59. The molecule has 0 aliphatic heterocycles. The molecule has 1 aromatic rings. The number of carbonyl (C=O) groups excluding carboxylic acids is 1. The number of hydrogen-bond acceptors (Lipinski definition) is 2. The number of rotatable bonds is 5. The summed E-state index contributed by atoms with van der Waals surface area (Å²) in [5.41, 5.74) is 6.34. The van der Waals surface area contributed by atoms with E-state index < -0.39 is 0 Å². The van der Waals surface area contributed by atoms with Crippen LogP contribution < -0.4 is 10.2 Å². The highest BCUT2D eigenvalue weighted by molar-refractivity contribution is 5.87. The molecule has 1 aromatic carbocycles. The lowest BCUT2D eigenvalue weighted by Gasteiger charge is -2.32. The molecule has 0 aliphatic rings. The van der Waals surface area contributed by atoms with Gasteiger partial charge < -0.3 is 5.73 Å². The average Bonchev–Trinajstić information content (AvgIpc) is 2.35. The van der Waals surface area contributed by atoms with Gasteiger partial charge in [-0.3, -0.25) is 0 Å². The Kier molecular flexibility index (Phi) is 4.67. The maximum atomic E-state index is 12.0. The Morgan fingerprint density at radius 2 is 2.00 bits per heavy atom. The zero-order chi connectivity index (χ0) is 12.7. The fourth-order valence-corrected chi connectivity index (χ4v) is 1.90. The van der Waals surface area contributed by atoms with Crippen molar-refractivity contribution in [2.24, 2.45) is 5.73 Å². The van der Waals surface area contributed by atoms with Crippen LogP contribution in [0.3, 0.4) is 0 Å². The van der Waals surface area contributed by atoms with Gasteiger partial charge in [0.2, 0.25) is 0 Å². The Hall–Kier alpha value is -1.87. The number of para-hydroxylation sites is 1. The molecule has 2 N–H and O–H groups in total. The van der Waals surface area contributed by atoms with Gasteiger partial charge in [0.05, 0.1) is 6.92 Å². The van der Waals surface area contributed by atoms with Crippen LogP contribution in [-0.4, -0.2) is 19.0 Å². The predicted molar refractivity (Wildman–Crippen MR) is 72.2 cm³/mol. The fraction of sp³-hybridized carbons (Fsp3) is 0.214. The summed E-state index contributed by atoms with van der Waals surface area (Å²) >= 11 is 0. The van der Waals surface area contributed by atoms with E-state index >= 15 is 0 Å². The van der Waals surface area contributed by atoms with Crippen molar-refractivity contribution in [2.75, 3.05) is 13.1 Å². The van der Waals surface area contributed by atoms with Crippen LogP contribution >= 0.6 is 0 Å².